The maximum absolute atomic E-state index is 11.5. The minimum absolute atomic E-state index is 0.0779. The number of carbonyl (C=O) groups excluding carboxylic acids is 1. The van der Waals surface area contributed by atoms with Gasteiger partial charge in [0.15, 0.2) is 0 Å². The highest BCUT2D eigenvalue weighted by atomic mass is 16.5. The van der Waals surface area contributed by atoms with E-state index in [9.17, 15) is 4.79 Å². The van der Waals surface area contributed by atoms with Crippen LogP contribution in [0.5, 0.6) is 0 Å². The van der Waals surface area contributed by atoms with Gasteiger partial charge in [0.05, 0.1) is 6.26 Å². The summed E-state index contributed by atoms with van der Waals surface area (Å²) in [6.07, 6.45) is 24.7. The Morgan fingerprint density at radius 3 is 1.67 bits per heavy atom. The molecule has 0 aliphatic rings. The number of hydrogen-bond donors (Lipinski definition) is 0. The predicted octanol–water partition coefficient (Wildman–Crippen LogP) is 7.71. The van der Waals surface area contributed by atoms with Crippen LogP contribution in [0.25, 0.3) is 0 Å². The molecule has 0 aliphatic carbocycles. The van der Waals surface area contributed by atoms with Crippen molar-refractivity contribution in [2.24, 2.45) is 0 Å². The van der Waals surface area contributed by atoms with Crippen molar-refractivity contribution in [3.8, 4) is 0 Å². The van der Waals surface area contributed by atoms with E-state index in [0.29, 0.717) is 6.42 Å². The molecule has 0 spiro atoms. The molecule has 0 amide bonds. The molecule has 2 heteroatoms. The van der Waals surface area contributed by atoms with Crippen LogP contribution >= 0.6 is 0 Å². The van der Waals surface area contributed by atoms with Crippen molar-refractivity contribution in [2.75, 3.05) is 0 Å². The smallest absolute Gasteiger partial charge is 0.310 e. The molecule has 142 valence electrons. The summed E-state index contributed by atoms with van der Waals surface area (Å²) >= 11 is 0. The molecule has 0 unspecified atom stereocenters. The van der Waals surface area contributed by atoms with Crippen molar-refractivity contribution in [1.82, 2.24) is 0 Å². The molecular formula is C22H42O2. The minimum Gasteiger partial charge on any atom is -0.435 e. The first-order valence-electron chi connectivity index (χ1n) is 10.7. The van der Waals surface area contributed by atoms with Gasteiger partial charge in [-0.15, -0.1) is 0 Å². The molecule has 0 N–H and O–H groups in total. The van der Waals surface area contributed by atoms with E-state index in [-0.39, 0.29) is 5.97 Å². The van der Waals surface area contributed by atoms with Crippen LogP contribution in [0.15, 0.2) is 12.3 Å². The summed E-state index contributed by atoms with van der Waals surface area (Å²) in [6.45, 7) is 4.47. The predicted molar refractivity (Wildman–Crippen MR) is 105 cm³/mol. The molecule has 24 heavy (non-hydrogen) atoms. The van der Waals surface area contributed by atoms with Crippen molar-refractivity contribution in [3.05, 3.63) is 12.3 Å². The maximum Gasteiger partial charge on any atom is 0.310 e. The standard InChI is InChI=1S/C22H42O2/c1-3-5-7-9-10-11-12-13-14-15-17-19-21-24-22(23)20-18-16-8-6-4-2/h19,21H,3-18,20H2,1-2H3/b21-19+. The number of allylic oxidation sites excluding steroid dienone is 1. The lowest BCUT2D eigenvalue weighted by atomic mass is 10.1. The Kier molecular flexibility index (Phi) is 19.6. The molecule has 0 heterocycles. The SMILES string of the molecule is CCCCCCCCCCCC/C=C/OC(=O)CCCCCCC. The highest BCUT2D eigenvalue weighted by Crippen LogP contribution is 2.11. The lowest BCUT2D eigenvalue weighted by Crippen LogP contribution is -1.98. The average Bonchev–Trinajstić information content (AvgIpc) is 2.59. The van der Waals surface area contributed by atoms with Gasteiger partial charge in [-0.1, -0.05) is 97.3 Å². The molecular weight excluding hydrogens is 296 g/mol. The van der Waals surface area contributed by atoms with Crippen molar-refractivity contribution < 1.29 is 9.53 Å². The fourth-order valence-electron chi connectivity index (χ4n) is 2.87. The van der Waals surface area contributed by atoms with Gasteiger partial charge in [-0.25, -0.2) is 0 Å². The summed E-state index contributed by atoms with van der Waals surface area (Å²) in [4.78, 5) is 11.5. The Hall–Kier alpha value is -0.790. The Morgan fingerprint density at radius 2 is 1.12 bits per heavy atom. The van der Waals surface area contributed by atoms with Crippen LogP contribution < -0.4 is 0 Å². The second kappa shape index (κ2) is 20.3. The molecule has 0 saturated carbocycles. The van der Waals surface area contributed by atoms with Crippen molar-refractivity contribution in [2.45, 2.75) is 123 Å². The van der Waals surface area contributed by atoms with Gasteiger partial charge in [-0.2, -0.15) is 0 Å². The third-order valence-electron chi connectivity index (χ3n) is 4.50. The van der Waals surface area contributed by atoms with Crippen molar-refractivity contribution in [3.63, 3.8) is 0 Å². The zero-order valence-corrected chi connectivity index (χ0v) is 16.5. The van der Waals surface area contributed by atoms with E-state index in [4.69, 9.17) is 4.74 Å². The van der Waals surface area contributed by atoms with Gasteiger partial charge in [0.25, 0.3) is 0 Å². The monoisotopic (exact) mass is 338 g/mol. The zero-order valence-electron chi connectivity index (χ0n) is 16.5. The maximum atomic E-state index is 11.5. The molecule has 0 fully saturated rings. The van der Waals surface area contributed by atoms with Gasteiger partial charge < -0.3 is 4.74 Å². The van der Waals surface area contributed by atoms with Crippen molar-refractivity contribution >= 4 is 5.97 Å². The third kappa shape index (κ3) is 19.3. The molecule has 0 saturated heterocycles. The fourth-order valence-corrected chi connectivity index (χ4v) is 2.87. The summed E-state index contributed by atoms with van der Waals surface area (Å²) < 4.78 is 5.12. The largest absolute Gasteiger partial charge is 0.435 e. The molecule has 0 rings (SSSR count). The van der Waals surface area contributed by atoms with Gasteiger partial charge in [-0.3, -0.25) is 4.79 Å². The van der Waals surface area contributed by atoms with E-state index in [2.05, 4.69) is 13.8 Å². The number of esters is 1. The van der Waals surface area contributed by atoms with Crippen LogP contribution in [0.2, 0.25) is 0 Å². The Bertz CT molecular complexity index is 284. The fraction of sp³-hybridized carbons (Fsp3) is 0.864. The van der Waals surface area contributed by atoms with E-state index in [1.165, 1.54) is 83.5 Å². The second-order valence-electron chi connectivity index (χ2n) is 7.00. The van der Waals surface area contributed by atoms with E-state index in [0.717, 1.165) is 19.3 Å². The normalized spacial score (nSPS) is 11.2. The van der Waals surface area contributed by atoms with Gasteiger partial charge >= 0.3 is 5.97 Å². The number of ether oxygens (including phenoxy) is 1. The summed E-state index contributed by atoms with van der Waals surface area (Å²) in [5.41, 5.74) is 0. The van der Waals surface area contributed by atoms with Crippen LogP contribution in [-0.4, -0.2) is 5.97 Å². The number of unbranched alkanes of at least 4 members (excludes halogenated alkanes) is 14. The van der Waals surface area contributed by atoms with Gasteiger partial charge in [0.1, 0.15) is 0 Å². The number of rotatable bonds is 18. The van der Waals surface area contributed by atoms with Gasteiger partial charge in [0, 0.05) is 6.42 Å². The first kappa shape index (κ1) is 23.2. The highest BCUT2D eigenvalue weighted by molar-refractivity contribution is 5.69. The Labute approximate surface area is 151 Å². The average molecular weight is 339 g/mol. The lowest BCUT2D eigenvalue weighted by Gasteiger charge is -2.01. The molecule has 0 aliphatic heterocycles. The highest BCUT2D eigenvalue weighted by Gasteiger charge is 2.00. The topological polar surface area (TPSA) is 26.3 Å². The quantitative estimate of drug-likeness (QED) is 0.145. The molecule has 0 aromatic rings. The molecule has 0 bridgehead atoms. The van der Waals surface area contributed by atoms with E-state index < -0.39 is 0 Å². The van der Waals surface area contributed by atoms with Crippen LogP contribution in [0.3, 0.4) is 0 Å². The Morgan fingerprint density at radius 1 is 0.667 bits per heavy atom. The molecule has 0 radical (unpaired) electrons. The lowest BCUT2D eigenvalue weighted by molar-refractivity contribution is -0.138. The van der Waals surface area contributed by atoms with Crippen molar-refractivity contribution in [1.29, 1.82) is 0 Å². The first-order valence-corrected chi connectivity index (χ1v) is 10.7. The van der Waals surface area contributed by atoms with Gasteiger partial charge in [0.2, 0.25) is 0 Å². The Balaban J connectivity index is 3.21. The number of carbonyl (C=O) groups is 1. The summed E-state index contributed by atoms with van der Waals surface area (Å²) in [5.74, 6) is -0.0779. The van der Waals surface area contributed by atoms with E-state index >= 15 is 0 Å². The second-order valence-corrected chi connectivity index (χ2v) is 7.00. The van der Waals surface area contributed by atoms with E-state index in [1.54, 1.807) is 6.26 Å². The molecule has 2 nitrogen and oxygen atoms in total. The van der Waals surface area contributed by atoms with E-state index in [1.807, 2.05) is 6.08 Å². The zero-order chi connectivity index (χ0) is 17.7. The first-order chi connectivity index (χ1) is 11.8. The van der Waals surface area contributed by atoms with Crippen LogP contribution in [0.4, 0.5) is 0 Å². The molecule has 0 aromatic carbocycles. The summed E-state index contributed by atoms with van der Waals surface area (Å²) in [7, 11) is 0. The molecule has 0 aromatic heterocycles. The van der Waals surface area contributed by atoms with Crippen LogP contribution in [0.1, 0.15) is 123 Å². The van der Waals surface area contributed by atoms with Gasteiger partial charge in [-0.05, 0) is 25.3 Å². The third-order valence-corrected chi connectivity index (χ3v) is 4.50. The summed E-state index contributed by atoms with van der Waals surface area (Å²) in [5, 5.41) is 0. The van der Waals surface area contributed by atoms with Crippen LogP contribution in [-0.2, 0) is 9.53 Å². The van der Waals surface area contributed by atoms with Crippen LogP contribution in [0, 0.1) is 0 Å². The minimum atomic E-state index is -0.0779. The summed E-state index contributed by atoms with van der Waals surface area (Å²) in [6, 6.07) is 0. The molecule has 0 atom stereocenters. The number of hydrogen-bond acceptors (Lipinski definition) is 2.